The normalized spacial score (nSPS) is 31.1. The monoisotopic (exact) mass is 239 g/mol. The Bertz CT molecular complexity index is 249. The Balaban J connectivity index is 1.97. The molecular formula is C14H25NO2. The van der Waals surface area contributed by atoms with Crippen LogP contribution >= 0.6 is 0 Å². The molecule has 0 radical (unpaired) electrons. The smallest absolute Gasteiger partial charge is 0.309 e. The number of piperidine rings is 1. The Hall–Kier alpha value is -0.570. The van der Waals surface area contributed by atoms with Gasteiger partial charge in [-0.25, -0.2) is 0 Å². The minimum Gasteiger partial charge on any atom is -0.466 e. The van der Waals surface area contributed by atoms with Gasteiger partial charge in [0.2, 0.25) is 0 Å². The van der Waals surface area contributed by atoms with Gasteiger partial charge in [-0.3, -0.25) is 4.79 Å². The second-order valence-corrected chi connectivity index (χ2v) is 5.39. The molecule has 3 heteroatoms. The van der Waals surface area contributed by atoms with E-state index in [1.807, 2.05) is 6.92 Å². The van der Waals surface area contributed by atoms with Crippen molar-refractivity contribution in [3.8, 4) is 0 Å². The van der Waals surface area contributed by atoms with Gasteiger partial charge in [-0.15, -0.1) is 0 Å². The molecule has 1 N–H and O–H groups in total. The maximum Gasteiger partial charge on any atom is 0.309 e. The summed E-state index contributed by atoms with van der Waals surface area (Å²) in [6.07, 6.45) is 7.25. The molecular weight excluding hydrogens is 214 g/mol. The van der Waals surface area contributed by atoms with Gasteiger partial charge >= 0.3 is 5.97 Å². The quantitative estimate of drug-likeness (QED) is 0.768. The summed E-state index contributed by atoms with van der Waals surface area (Å²) >= 11 is 0. The van der Waals surface area contributed by atoms with Crippen molar-refractivity contribution in [1.82, 2.24) is 5.32 Å². The van der Waals surface area contributed by atoms with Crippen LogP contribution in [0.5, 0.6) is 0 Å². The van der Waals surface area contributed by atoms with E-state index in [-0.39, 0.29) is 11.9 Å². The third kappa shape index (κ3) is 3.21. The van der Waals surface area contributed by atoms with Crippen LogP contribution in [-0.2, 0) is 9.53 Å². The van der Waals surface area contributed by atoms with Crippen LogP contribution in [0, 0.1) is 17.8 Å². The topological polar surface area (TPSA) is 38.3 Å². The number of ether oxygens (including phenoxy) is 1. The molecule has 0 aromatic rings. The van der Waals surface area contributed by atoms with Crippen LogP contribution in [0.1, 0.15) is 45.4 Å². The molecule has 1 saturated heterocycles. The fourth-order valence-corrected chi connectivity index (χ4v) is 3.54. The lowest BCUT2D eigenvalue weighted by molar-refractivity contribution is -0.152. The van der Waals surface area contributed by atoms with Crippen molar-refractivity contribution in [2.24, 2.45) is 17.8 Å². The van der Waals surface area contributed by atoms with Crippen LogP contribution in [0.3, 0.4) is 0 Å². The molecule has 0 amide bonds. The number of hydrogen-bond acceptors (Lipinski definition) is 3. The first-order valence-electron chi connectivity index (χ1n) is 7.20. The van der Waals surface area contributed by atoms with Gasteiger partial charge in [-0.05, 0) is 57.5 Å². The molecule has 2 rings (SSSR count). The van der Waals surface area contributed by atoms with Gasteiger partial charge in [-0.1, -0.05) is 12.8 Å². The van der Waals surface area contributed by atoms with Gasteiger partial charge in [0.05, 0.1) is 12.5 Å². The highest BCUT2D eigenvalue weighted by Gasteiger charge is 2.37. The second kappa shape index (κ2) is 6.39. The Morgan fingerprint density at radius 1 is 1.18 bits per heavy atom. The highest BCUT2D eigenvalue weighted by Crippen LogP contribution is 2.39. The van der Waals surface area contributed by atoms with Crippen molar-refractivity contribution in [1.29, 1.82) is 0 Å². The molecule has 0 bridgehead atoms. The van der Waals surface area contributed by atoms with Crippen LogP contribution in [0.4, 0.5) is 0 Å². The number of nitrogens with one attached hydrogen (secondary N) is 1. The summed E-state index contributed by atoms with van der Waals surface area (Å²) in [5.41, 5.74) is 0. The Morgan fingerprint density at radius 2 is 1.88 bits per heavy atom. The summed E-state index contributed by atoms with van der Waals surface area (Å²) in [6, 6.07) is 0. The van der Waals surface area contributed by atoms with Crippen molar-refractivity contribution in [2.75, 3.05) is 19.7 Å². The van der Waals surface area contributed by atoms with Crippen LogP contribution in [0.25, 0.3) is 0 Å². The number of rotatable bonds is 3. The van der Waals surface area contributed by atoms with E-state index in [1.165, 1.54) is 32.1 Å². The van der Waals surface area contributed by atoms with E-state index in [9.17, 15) is 4.79 Å². The first-order chi connectivity index (χ1) is 8.33. The molecule has 0 aromatic heterocycles. The molecule has 0 spiro atoms. The molecule has 3 nitrogen and oxygen atoms in total. The van der Waals surface area contributed by atoms with Crippen molar-refractivity contribution in [3.05, 3.63) is 0 Å². The Morgan fingerprint density at radius 3 is 2.59 bits per heavy atom. The van der Waals surface area contributed by atoms with Gasteiger partial charge in [-0.2, -0.15) is 0 Å². The standard InChI is InChI=1S/C14H25NO2/c1-2-17-14(16)13-6-4-3-5-12(13)11-7-9-15-10-8-11/h11-13,15H,2-10H2,1H3/t12-,13-/m0/s1. The maximum atomic E-state index is 12.0. The minimum atomic E-state index is 0.0655. The zero-order valence-corrected chi connectivity index (χ0v) is 10.9. The molecule has 1 aliphatic heterocycles. The van der Waals surface area contributed by atoms with Crippen LogP contribution in [-0.4, -0.2) is 25.7 Å². The lowest BCUT2D eigenvalue weighted by Gasteiger charge is -2.37. The lowest BCUT2D eigenvalue weighted by atomic mass is 9.69. The van der Waals surface area contributed by atoms with Gasteiger partial charge in [0.1, 0.15) is 0 Å². The van der Waals surface area contributed by atoms with E-state index in [0.717, 1.165) is 25.4 Å². The van der Waals surface area contributed by atoms with E-state index >= 15 is 0 Å². The fraction of sp³-hybridized carbons (Fsp3) is 0.929. The molecule has 17 heavy (non-hydrogen) atoms. The zero-order chi connectivity index (χ0) is 12.1. The third-order valence-corrected chi connectivity index (χ3v) is 4.40. The van der Waals surface area contributed by atoms with Gasteiger partial charge in [0, 0.05) is 0 Å². The molecule has 2 atom stereocenters. The van der Waals surface area contributed by atoms with E-state index in [1.54, 1.807) is 0 Å². The predicted octanol–water partition coefficient (Wildman–Crippen LogP) is 2.36. The predicted molar refractivity (Wildman–Crippen MR) is 67.7 cm³/mol. The Labute approximate surface area is 104 Å². The number of esters is 1. The summed E-state index contributed by atoms with van der Waals surface area (Å²) in [4.78, 5) is 12.0. The number of carbonyl (C=O) groups is 1. The highest BCUT2D eigenvalue weighted by molar-refractivity contribution is 5.72. The largest absolute Gasteiger partial charge is 0.466 e. The lowest BCUT2D eigenvalue weighted by Crippen LogP contribution is -2.38. The summed E-state index contributed by atoms with van der Waals surface area (Å²) in [6.45, 7) is 4.67. The van der Waals surface area contributed by atoms with E-state index < -0.39 is 0 Å². The zero-order valence-electron chi connectivity index (χ0n) is 10.9. The molecule has 98 valence electrons. The van der Waals surface area contributed by atoms with Crippen LogP contribution in [0.15, 0.2) is 0 Å². The van der Waals surface area contributed by atoms with Gasteiger partial charge in [0.25, 0.3) is 0 Å². The fourth-order valence-electron chi connectivity index (χ4n) is 3.54. The van der Waals surface area contributed by atoms with Crippen molar-refractivity contribution >= 4 is 5.97 Å². The summed E-state index contributed by atoms with van der Waals surface area (Å²) in [5.74, 6) is 1.58. The average Bonchev–Trinajstić information content (AvgIpc) is 2.40. The first-order valence-corrected chi connectivity index (χ1v) is 7.20. The SMILES string of the molecule is CCOC(=O)[C@H]1CCCC[C@H]1C1CCNCC1. The van der Waals surface area contributed by atoms with Crippen molar-refractivity contribution in [2.45, 2.75) is 45.4 Å². The molecule has 0 aromatic carbocycles. The van der Waals surface area contributed by atoms with E-state index in [2.05, 4.69) is 5.32 Å². The van der Waals surface area contributed by atoms with E-state index in [4.69, 9.17) is 4.74 Å². The molecule has 0 unspecified atom stereocenters. The van der Waals surface area contributed by atoms with Crippen LogP contribution in [0.2, 0.25) is 0 Å². The number of carbonyl (C=O) groups excluding carboxylic acids is 1. The second-order valence-electron chi connectivity index (χ2n) is 5.39. The molecule has 2 aliphatic rings. The first kappa shape index (κ1) is 12.9. The molecule has 1 aliphatic carbocycles. The minimum absolute atomic E-state index is 0.0655. The average molecular weight is 239 g/mol. The molecule has 2 fully saturated rings. The van der Waals surface area contributed by atoms with Crippen molar-refractivity contribution < 1.29 is 9.53 Å². The van der Waals surface area contributed by atoms with E-state index in [0.29, 0.717) is 12.5 Å². The third-order valence-electron chi connectivity index (χ3n) is 4.40. The Kier molecular flexibility index (Phi) is 4.84. The van der Waals surface area contributed by atoms with Crippen molar-refractivity contribution in [3.63, 3.8) is 0 Å². The summed E-state index contributed by atoms with van der Waals surface area (Å²) in [7, 11) is 0. The van der Waals surface area contributed by atoms with Gasteiger partial charge < -0.3 is 10.1 Å². The van der Waals surface area contributed by atoms with Crippen LogP contribution < -0.4 is 5.32 Å². The maximum absolute atomic E-state index is 12.0. The highest BCUT2D eigenvalue weighted by atomic mass is 16.5. The number of hydrogen-bond donors (Lipinski definition) is 1. The molecule has 1 saturated carbocycles. The molecule has 1 heterocycles. The van der Waals surface area contributed by atoms with Gasteiger partial charge in [0.15, 0.2) is 0 Å². The summed E-state index contributed by atoms with van der Waals surface area (Å²) in [5, 5.41) is 3.41. The summed E-state index contributed by atoms with van der Waals surface area (Å²) < 4.78 is 5.25.